The average molecular weight is 339 g/mol. The molecule has 0 aliphatic heterocycles. The van der Waals surface area contributed by atoms with Gasteiger partial charge in [0.15, 0.2) is 11.6 Å². The lowest BCUT2D eigenvalue weighted by Gasteiger charge is -2.11. The van der Waals surface area contributed by atoms with E-state index in [9.17, 15) is 4.39 Å². The van der Waals surface area contributed by atoms with Gasteiger partial charge in [-0.15, -0.1) is 0 Å². The molecule has 1 N–H and O–H groups in total. The highest BCUT2D eigenvalue weighted by Gasteiger charge is 2.09. The van der Waals surface area contributed by atoms with E-state index < -0.39 is 5.82 Å². The number of hydrogen-bond acceptors (Lipinski definition) is 3. The Hall–Kier alpha value is -1.46. The van der Waals surface area contributed by atoms with Crippen molar-refractivity contribution in [3.8, 4) is 11.5 Å². The van der Waals surface area contributed by atoms with Crippen molar-refractivity contribution in [3.05, 3.63) is 52.5 Å². The second-order valence-corrected chi connectivity index (χ2v) is 5.25. The van der Waals surface area contributed by atoms with Gasteiger partial charge in [0.2, 0.25) is 0 Å². The fourth-order valence-electron chi connectivity index (χ4n) is 1.72. The number of nitrogens with zero attached hydrogens (tertiary/aromatic N) is 1. The minimum atomic E-state index is -0.407. The van der Waals surface area contributed by atoms with Crippen LogP contribution >= 0.6 is 15.9 Å². The lowest BCUT2D eigenvalue weighted by Crippen LogP contribution is -2.14. The molecule has 2 rings (SSSR count). The van der Waals surface area contributed by atoms with Gasteiger partial charge in [-0.1, -0.05) is 22.9 Å². The zero-order valence-electron chi connectivity index (χ0n) is 11.2. The summed E-state index contributed by atoms with van der Waals surface area (Å²) < 4.78 is 20.1. The van der Waals surface area contributed by atoms with Crippen molar-refractivity contribution in [2.45, 2.75) is 19.9 Å². The molecule has 0 fully saturated rings. The van der Waals surface area contributed by atoms with Crippen molar-refractivity contribution in [2.75, 3.05) is 6.54 Å². The van der Waals surface area contributed by atoms with Crippen LogP contribution in [0, 0.1) is 5.82 Å². The molecule has 106 valence electrons. The Bertz CT molecular complexity index is 578. The summed E-state index contributed by atoms with van der Waals surface area (Å²) in [7, 11) is 0. The van der Waals surface area contributed by atoms with Crippen LogP contribution in [0.25, 0.3) is 0 Å². The minimum absolute atomic E-state index is 0.193. The molecule has 0 aliphatic carbocycles. The highest BCUT2D eigenvalue weighted by molar-refractivity contribution is 9.10. The molecule has 5 heteroatoms. The zero-order valence-corrected chi connectivity index (χ0v) is 12.8. The number of hydrogen-bond donors (Lipinski definition) is 1. The number of rotatable bonds is 6. The predicted molar refractivity (Wildman–Crippen MR) is 80.4 cm³/mol. The summed E-state index contributed by atoms with van der Waals surface area (Å²) in [5.74, 6) is 0.353. The minimum Gasteiger partial charge on any atom is -0.452 e. The van der Waals surface area contributed by atoms with E-state index >= 15 is 0 Å². The zero-order chi connectivity index (χ0) is 14.4. The molecule has 0 aliphatic rings. The summed E-state index contributed by atoms with van der Waals surface area (Å²) in [5.41, 5.74) is 0.954. The normalized spacial score (nSPS) is 10.6. The first-order valence-electron chi connectivity index (χ1n) is 6.47. The number of ether oxygens (including phenoxy) is 1. The maximum absolute atomic E-state index is 13.8. The maximum atomic E-state index is 13.8. The monoisotopic (exact) mass is 338 g/mol. The van der Waals surface area contributed by atoms with Crippen LogP contribution in [-0.4, -0.2) is 11.5 Å². The van der Waals surface area contributed by atoms with Gasteiger partial charge in [-0.2, -0.15) is 0 Å². The van der Waals surface area contributed by atoms with Gasteiger partial charge in [-0.3, -0.25) is 4.98 Å². The maximum Gasteiger partial charge on any atom is 0.166 e. The Morgan fingerprint density at radius 3 is 2.90 bits per heavy atom. The molecule has 0 spiro atoms. The third kappa shape index (κ3) is 4.02. The van der Waals surface area contributed by atoms with Crippen LogP contribution in [0.4, 0.5) is 4.39 Å². The summed E-state index contributed by atoms with van der Waals surface area (Å²) in [6.45, 7) is 3.70. The Morgan fingerprint density at radius 2 is 2.15 bits per heavy atom. The second kappa shape index (κ2) is 7.36. The fraction of sp³-hybridized carbons (Fsp3) is 0.267. The van der Waals surface area contributed by atoms with E-state index in [0.717, 1.165) is 18.5 Å². The summed E-state index contributed by atoms with van der Waals surface area (Å²) in [5, 5.41) is 3.29. The van der Waals surface area contributed by atoms with E-state index in [-0.39, 0.29) is 5.75 Å². The number of benzene rings is 1. The molecule has 0 unspecified atom stereocenters. The Kier molecular flexibility index (Phi) is 5.49. The van der Waals surface area contributed by atoms with Crippen molar-refractivity contribution < 1.29 is 9.13 Å². The van der Waals surface area contributed by atoms with Crippen LogP contribution in [0.1, 0.15) is 18.9 Å². The first-order chi connectivity index (χ1) is 9.70. The number of pyridine rings is 1. The SMILES string of the molecule is CCCNCc1ccncc1Oc1ccc(Br)cc1F. The van der Waals surface area contributed by atoms with Crippen molar-refractivity contribution in [1.82, 2.24) is 10.3 Å². The molecule has 2 aromatic rings. The first-order valence-corrected chi connectivity index (χ1v) is 7.26. The largest absolute Gasteiger partial charge is 0.452 e. The van der Waals surface area contributed by atoms with E-state index in [4.69, 9.17) is 4.74 Å². The summed E-state index contributed by atoms with van der Waals surface area (Å²) >= 11 is 3.22. The Labute approximate surface area is 126 Å². The molecular formula is C15H16BrFN2O. The molecule has 0 saturated carbocycles. The quantitative estimate of drug-likeness (QED) is 0.798. The summed E-state index contributed by atoms with van der Waals surface area (Å²) in [6, 6.07) is 6.58. The van der Waals surface area contributed by atoms with Gasteiger partial charge in [0.25, 0.3) is 0 Å². The van der Waals surface area contributed by atoms with Crippen molar-refractivity contribution in [3.63, 3.8) is 0 Å². The molecule has 3 nitrogen and oxygen atoms in total. The van der Waals surface area contributed by atoms with Crippen LogP contribution in [0.2, 0.25) is 0 Å². The van der Waals surface area contributed by atoms with Crippen LogP contribution in [-0.2, 0) is 6.54 Å². The standard InChI is InChI=1S/C15H16BrFN2O/c1-2-6-18-9-11-5-7-19-10-15(11)20-14-4-3-12(16)8-13(14)17/h3-5,7-8,10,18H,2,6,9H2,1H3. The molecule has 1 aromatic carbocycles. The summed E-state index contributed by atoms with van der Waals surface area (Å²) in [4.78, 5) is 4.03. The number of halogens is 2. The third-order valence-electron chi connectivity index (χ3n) is 2.73. The van der Waals surface area contributed by atoms with Crippen LogP contribution < -0.4 is 10.1 Å². The third-order valence-corrected chi connectivity index (χ3v) is 3.22. The highest BCUT2D eigenvalue weighted by Crippen LogP contribution is 2.28. The second-order valence-electron chi connectivity index (χ2n) is 4.34. The molecule has 0 radical (unpaired) electrons. The predicted octanol–water partition coefficient (Wildman–Crippen LogP) is 4.28. The number of nitrogens with one attached hydrogen (secondary N) is 1. The van der Waals surface area contributed by atoms with Gasteiger partial charge in [0.1, 0.15) is 5.75 Å². The van der Waals surface area contributed by atoms with Crippen molar-refractivity contribution in [2.24, 2.45) is 0 Å². The van der Waals surface area contributed by atoms with Gasteiger partial charge in [-0.25, -0.2) is 4.39 Å². The number of aromatic nitrogens is 1. The highest BCUT2D eigenvalue weighted by atomic mass is 79.9. The topological polar surface area (TPSA) is 34.2 Å². The molecular weight excluding hydrogens is 323 g/mol. The first kappa shape index (κ1) is 14.9. The lowest BCUT2D eigenvalue weighted by atomic mass is 10.2. The fourth-order valence-corrected chi connectivity index (χ4v) is 2.06. The molecule has 1 heterocycles. The van der Waals surface area contributed by atoms with E-state index in [1.54, 1.807) is 24.5 Å². The Morgan fingerprint density at radius 1 is 1.30 bits per heavy atom. The van der Waals surface area contributed by atoms with Gasteiger partial charge < -0.3 is 10.1 Å². The van der Waals surface area contributed by atoms with E-state index in [1.165, 1.54) is 6.07 Å². The molecule has 0 atom stereocenters. The summed E-state index contributed by atoms with van der Waals surface area (Å²) in [6.07, 6.45) is 4.36. The smallest absolute Gasteiger partial charge is 0.166 e. The Balaban J connectivity index is 2.16. The van der Waals surface area contributed by atoms with Gasteiger partial charge in [0, 0.05) is 22.8 Å². The molecule has 0 bridgehead atoms. The molecule has 1 aromatic heterocycles. The van der Waals surface area contributed by atoms with Crippen molar-refractivity contribution in [1.29, 1.82) is 0 Å². The van der Waals surface area contributed by atoms with Gasteiger partial charge >= 0.3 is 0 Å². The van der Waals surface area contributed by atoms with Gasteiger partial charge in [0.05, 0.1) is 6.20 Å². The van der Waals surface area contributed by atoms with E-state index in [2.05, 4.69) is 33.2 Å². The van der Waals surface area contributed by atoms with Crippen molar-refractivity contribution >= 4 is 15.9 Å². The van der Waals surface area contributed by atoms with Crippen LogP contribution in [0.5, 0.6) is 11.5 Å². The average Bonchev–Trinajstić information content (AvgIpc) is 2.44. The molecule has 0 saturated heterocycles. The van der Waals surface area contributed by atoms with Crippen LogP contribution in [0.3, 0.4) is 0 Å². The molecule has 0 amide bonds. The van der Waals surface area contributed by atoms with Gasteiger partial charge in [-0.05, 0) is 37.2 Å². The van der Waals surface area contributed by atoms with E-state index in [1.807, 2.05) is 6.07 Å². The van der Waals surface area contributed by atoms with Crippen LogP contribution in [0.15, 0.2) is 41.1 Å². The molecule has 20 heavy (non-hydrogen) atoms. The van der Waals surface area contributed by atoms with E-state index in [0.29, 0.717) is 16.8 Å². The lowest BCUT2D eigenvalue weighted by molar-refractivity contribution is 0.433.